The van der Waals surface area contributed by atoms with Gasteiger partial charge in [0.1, 0.15) is 17.8 Å². The largest absolute Gasteiger partial charge is 0.387 e. The minimum Gasteiger partial charge on any atom is -0.387 e. The predicted molar refractivity (Wildman–Crippen MR) is 167 cm³/mol. The third kappa shape index (κ3) is 10.6. The number of ether oxygens (including phenoxy) is 2. The first-order valence-corrected chi connectivity index (χ1v) is 16.4. The molecule has 0 aromatic carbocycles. The van der Waals surface area contributed by atoms with Gasteiger partial charge in [0.15, 0.2) is 0 Å². The highest BCUT2D eigenvalue weighted by molar-refractivity contribution is 9.09. The molecule has 1 spiro atoms. The number of amides is 3. The maximum absolute atomic E-state index is 12.3. The molecule has 42 heavy (non-hydrogen) atoms. The zero-order chi connectivity index (χ0) is 30.9. The summed E-state index contributed by atoms with van der Waals surface area (Å²) in [6.45, 7) is 11.8. The number of hydrogen-bond acceptors (Lipinski definition) is 6. The summed E-state index contributed by atoms with van der Waals surface area (Å²) in [4.78, 5) is 35.8. The Balaban J connectivity index is 1.48. The Morgan fingerprint density at radius 3 is 2.50 bits per heavy atom. The molecule has 0 aromatic heterocycles. The molecule has 0 bridgehead atoms. The normalized spacial score (nSPS) is 33.3. The molecule has 4 N–H and O–H groups in total. The number of halogens is 1. The molecule has 1 aliphatic carbocycles. The van der Waals surface area contributed by atoms with Gasteiger partial charge in [0.2, 0.25) is 17.7 Å². The summed E-state index contributed by atoms with van der Waals surface area (Å²) >= 11 is 3.08. The van der Waals surface area contributed by atoms with E-state index in [1.54, 1.807) is 6.08 Å². The molecular formula is C32H50BrN3O6. The van der Waals surface area contributed by atoms with Crippen LogP contribution in [0.2, 0.25) is 0 Å². The van der Waals surface area contributed by atoms with E-state index in [1.807, 2.05) is 18.2 Å². The van der Waals surface area contributed by atoms with E-state index in [1.165, 1.54) is 0 Å². The smallest absolute Gasteiger partial charge is 0.243 e. The van der Waals surface area contributed by atoms with Crippen LogP contribution in [0.15, 0.2) is 36.0 Å². The van der Waals surface area contributed by atoms with Crippen molar-refractivity contribution in [3.8, 4) is 0 Å². The second-order valence-electron chi connectivity index (χ2n) is 12.7. The number of aliphatic hydroxyl groups is 1. The van der Waals surface area contributed by atoms with E-state index in [9.17, 15) is 19.5 Å². The molecule has 10 heteroatoms. The van der Waals surface area contributed by atoms with E-state index in [-0.39, 0.29) is 48.2 Å². The Hall–Kier alpha value is -2.01. The van der Waals surface area contributed by atoms with Crippen LogP contribution in [-0.4, -0.2) is 77.8 Å². The van der Waals surface area contributed by atoms with Gasteiger partial charge in [-0.2, -0.15) is 0 Å². The lowest BCUT2D eigenvalue weighted by atomic mass is 9.71. The van der Waals surface area contributed by atoms with E-state index >= 15 is 0 Å². The van der Waals surface area contributed by atoms with Crippen molar-refractivity contribution in [1.29, 1.82) is 0 Å². The number of hydrogen-bond donors (Lipinski definition) is 4. The molecule has 3 rings (SSSR count). The first-order valence-electron chi connectivity index (χ1n) is 15.3. The van der Waals surface area contributed by atoms with Gasteiger partial charge >= 0.3 is 0 Å². The lowest BCUT2D eigenvalue weighted by Gasteiger charge is -2.39. The van der Waals surface area contributed by atoms with Gasteiger partial charge in [0, 0.05) is 32.0 Å². The lowest BCUT2D eigenvalue weighted by Crippen LogP contribution is -2.52. The molecule has 0 aromatic rings. The van der Waals surface area contributed by atoms with Gasteiger partial charge in [-0.25, -0.2) is 0 Å². The van der Waals surface area contributed by atoms with Gasteiger partial charge in [-0.1, -0.05) is 73.5 Å². The van der Waals surface area contributed by atoms with Crippen LogP contribution in [0.3, 0.4) is 0 Å². The minimum atomic E-state index is -0.769. The van der Waals surface area contributed by atoms with E-state index < -0.39 is 17.8 Å². The summed E-state index contributed by atoms with van der Waals surface area (Å²) in [6, 6.07) is 0.199. The minimum absolute atomic E-state index is 0.00179. The Morgan fingerprint density at radius 1 is 1.10 bits per heavy atom. The summed E-state index contributed by atoms with van der Waals surface area (Å²) in [6.07, 6.45) is 11.8. The Morgan fingerprint density at radius 2 is 1.83 bits per heavy atom. The summed E-state index contributed by atoms with van der Waals surface area (Å²) in [5.41, 5.74) is 0.487. The quantitative estimate of drug-likeness (QED) is 0.104. The Bertz CT molecular complexity index is 1020. The molecule has 3 amide bonds. The number of aliphatic hydroxyl groups excluding tert-OH is 1. The van der Waals surface area contributed by atoms with Crippen LogP contribution in [0, 0.1) is 23.7 Å². The second-order valence-corrected chi connectivity index (χ2v) is 13.3. The van der Waals surface area contributed by atoms with Gasteiger partial charge in [-0.05, 0) is 55.9 Å². The first kappa shape index (κ1) is 34.5. The molecule has 2 heterocycles. The number of rotatable bonds is 13. The van der Waals surface area contributed by atoms with Gasteiger partial charge in [0.25, 0.3) is 0 Å². The number of nitrogens with one attached hydrogen (secondary N) is 3. The summed E-state index contributed by atoms with van der Waals surface area (Å²) in [5, 5.41) is 19.9. The predicted octanol–water partition coefficient (Wildman–Crippen LogP) is 3.56. The summed E-state index contributed by atoms with van der Waals surface area (Å²) in [7, 11) is 0. The molecule has 3 fully saturated rings. The van der Waals surface area contributed by atoms with E-state index in [2.05, 4.69) is 72.6 Å². The van der Waals surface area contributed by atoms with Gasteiger partial charge in [0.05, 0.1) is 18.0 Å². The maximum atomic E-state index is 12.3. The highest BCUT2D eigenvalue weighted by Gasteiger charge is 2.58. The molecule has 236 valence electrons. The van der Waals surface area contributed by atoms with Crippen LogP contribution in [0.5, 0.6) is 0 Å². The van der Waals surface area contributed by atoms with Crippen molar-refractivity contribution in [2.45, 2.75) is 96.7 Å². The highest BCUT2D eigenvalue weighted by atomic mass is 79.9. The molecule has 8 atom stereocenters. The highest BCUT2D eigenvalue weighted by Crippen LogP contribution is 2.42. The van der Waals surface area contributed by atoms with E-state index in [4.69, 9.17) is 9.47 Å². The first-order chi connectivity index (χ1) is 19.9. The fourth-order valence-corrected chi connectivity index (χ4v) is 6.07. The second kappa shape index (κ2) is 16.2. The molecule has 2 aliphatic heterocycles. The Labute approximate surface area is 259 Å². The van der Waals surface area contributed by atoms with Crippen molar-refractivity contribution in [2.75, 3.05) is 25.0 Å². The van der Waals surface area contributed by atoms with Crippen LogP contribution in [0.1, 0.15) is 66.7 Å². The monoisotopic (exact) mass is 651 g/mol. The number of alkyl halides is 1. The van der Waals surface area contributed by atoms with Crippen molar-refractivity contribution in [3.05, 3.63) is 36.0 Å². The van der Waals surface area contributed by atoms with Crippen molar-refractivity contribution in [3.63, 3.8) is 0 Å². The molecular weight excluding hydrogens is 602 g/mol. The molecule has 3 aliphatic rings. The van der Waals surface area contributed by atoms with Crippen molar-refractivity contribution in [1.82, 2.24) is 16.0 Å². The zero-order valence-corrected chi connectivity index (χ0v) is 27.3. The van der Waals surface area contributed by atoms with Crippen molar-refractivity contribution in [2.24, 2.45) is 23.7 Å². The lowest BCUT2D eigenvalue weighted by molar-refractivity contribution is -0.136. The number of carbonyl (C=O) groups excluding carboxylic acids is 3. The average Bonchev–Trinajstić information content (AvgIpc) is 3.72. The molecule has 1 saturated carbocycles. The van der Waals surface area contributed by atoms with E-state index in [0.29, 0.717) is 43.2 Å². The SMILES string of the molecule is CC(/C=C/[C@H]1O[C@H](CNC(=O)CCNC(=O)CBr)C[C@@]2(CO2)[C@@H]1O)=C\C[C@@H]1C[C@H](C)[C@H](NC(=O)/C=C\C(C)C)C[C@@H]1C. The van der Waals surface area contributed by atoms with Crippen LogP contribution in [0.4, 0.5) is 0 Å². The molecule has 0 unspecified atom stereocenters. The molecule has 0 radical (unpaired) electrons. The standard InChI is InChI=1S/C32H50BrN3O6/c1-20(2)6-11-29(38)36-26-15-22(4)24(14-23(26)5)9-7-21(3)8-10-27-31(40)32(19-41-32)16-25(42-27)18-35-28(37)12-13-34-30(39)17-33/h6-8,10-11,20,22-27,31,40H,9,12-19H2,1-5H3,(H,34,39)(H,35,37)(H,36,38)/b10-8+,11-6-,21-7+/t22-,23-,24+,25-,26+,27+,31+,32+/m0/s1. The number of epoxide rings is 1. The molecule has 2 saturated heterocycles. The summed E-state index contributed by atoms with van der Waals surface area (Å²) in [5.74, 6) is 1.49. The van der Waals surface area contributed by atoms with Gasteiger partial charge in [-0.15, -0.1) is 0 Å². The van der Waals surface area contributed by atoms with Crippen LogP contribution < -0.4 is 16.0 Å². The summed E-state index contributed by atoms with van der Waals surface area (Å²) < 4.78 is 11.8. The number of carbonyl (C=O) groups is 3. The maximum Gasteiger partial charge on any atom is 0.243 e. The Kier molecular flexibility index (Phi) is 13.3. The zero-order valence-electron chi connectivity index (χ0n) is 25.7. The van der Waals surface area contributed by atoms with Crippen molar-refractivity contribution >= 4 is 33.7 Å². The topological polar surface area (TPSA) is 129 Å². The van der Waals surface area contributed by atoms with Crippen molar-refractivity contribution < 1.29 is 29.0 Å². The third-order valence-electron chi connectivity index (χ3n) is 8.65. The third-order valence-corrected chi connectivity index (χ3v) is 9.16. The van der Waals surface area contributed by atoms with E-state index in [0.717, 1.165) is 24.8 Å². The van der Waals surface area contributed by atoms with Gasteiger partial charge in [-0.3, -0.25) is 14.4 Å². The van der Waals surface area contributed by atoms with Crippen LogP contribution >= 0.6 is 15.9 Å². The fourth-order valence-electron chi connectivity index (χ4n) is 5.87. The van der Waals surface area contributed by atoms with Crippen LogP contribution in [-0.2, 0) is 23.9 Å². The average molecular weight is 653 g/mol. The van der Waals surface area contributed by atoms with Gasteiger partial charge < -0.3 is 30.5 Å². The van der Waals surface area contributed by atoms with Crippen LogP contribution in [0.25, 0.3) is 0 Å². The fraction of sp³-hybridized carbons (Fsp3) is 0.719. The molecule has 9 nitrogen and oxygen atoms in total. The number of allylic oxidation sites excluding steroid dienone is 4.